The van der Waals surface area contributed by atoms with Crippen molar-refractivity contribution in [2.75, 3.05) is 5.73 Å². The van der Waals surface area contributed by atoms with Crippen molar-refractivity contribution in [3.8, 4) is 11.5 Å². The van der Waals surface area contributed by atoms with Gasteiger partial charge in [0.15, 0.2) is 5.75 Å². The lowest BCUT2D eigenvalue weighted by Crippen LogP contribution is -1.94. The molecule has 2 rings (SSSR count). The van der Waals surface area contributed by atoms with Gasteiger partial charge in [0, 0.05) is 4.47 Å². The maximum absolute atomic E-state index is 5.90. The van der Waals surface area contributed by atoms with E-state index in [0.717, 1.165) is 20.3 Å². The second-order valence-electron chi connectivity index (χ2n) is 3.67. The molecule has 2 N–H and O–H groups in total. The first-order chi connectivity index (χ1) is 8.08. The van der Waals surface area contributed by atoms with Crippen LogP contribution in [0.1, 0.15) is 5.56 Å². The minimum atomic E-state index is 0.639. The van der Waals surface area contributed by atoms with Crippen LogP contribution in [-0.4, -0.2) is 0 Å². The highest BCUT2D eigenvalue weighted by Crippen LogP contribution is 2.35. The summed E-state index contributed by atoms with van der Waals surface area (Å²) >= 11 is 6.86. The minimum Gasteiger partial charge on any atom is -0.454 e. The summed E-state index contributed by atoms with van der Waals surface area (Å²) in [5, 5.41) is 0. The van der Waals surface area contributed by atoms with Crippen molar-refractivity contribution in [2.45, 2.75) is 6.92 Å². The number of rotatable bonds is 2. The van der Waals surface area contributed by atoms with Crippen molar-refractivity contribution >= 4 is 37.5 Å². The van der Waals surface area contributed by atoms with E-state index >= 15 is 0 Å². The Labute approximate surface area is 117 Å². The van der Waals surface area contributed by atoms with Crippen molar-refractivity contribution in [1.29, 1.82) is 0 Å². The summed E-state index contributed by atoms with van der Waals surface area (Å²) in [6, 6.07) is 11.5. The zero-order valence-electron chi connectivity index (χ0n) is 9.21. The Morgan fingerprint density at radius 1 is 1.12 bits per heavy atom. The molecule has 0 spiro atoms. The molecule has 0 atom stereocenters. The van der Waals surface area contributed by atoms with E-state index in [1.165, 1.54) is 0 Å². The summed E-state index contributed by atoms with van der Waals surface area (Å²) in [4.78, 5) is 0. The average Bonchev–Trinajstić information content (AvgIpc) is 2.26. The largest absolute Gasteiger partial charge is 0.454 e. The van der Waals surface area contributed by atoms with Gasteiger partial charge < -0.3 is 10.5 Å². The molecule has 2 nitrogen and oxygen atoms in total. The van der Waals surface area contributed by atoms with Crippen LogP contribution in [0.15, 0.2) is 45.3 Å². The first kappa shape index (κ1) is 12.5. The predicted octanol–water partition coefficient (Wildman–Crippen LogP) is 4.89. The smallest absolute Gasteiger partial charge is 0.153 e. The molecule has 2 aromatic rings. The third-order valence-electron chi connectivity index (χ3n) is 2.35. The second kappa shape index (κ2) is 5.10. The van der Waals surface area contributed by atoms with E-state index in [1.54, 1.807) is 0 Å². The fraction of sp³-hybridized carbons (Fsp3) is 0.0769. The number of nitrogens with two attached hydrogens (primary N) is 1. The summed E-state index contributed by atoms with van der Waals surface area (Å²) in [6.45, 7) is 1.97. The highest BCUT2D eigenvalue weighted by Gasteiger charge is 2.08. The summed E-state index contributed by atoms with van der Waals surface area (Å²) in [5.74, 6) is 1.45. The molecule has 0 aliphatic heterocycles. The van der Waals surface area contributed by atoms with Gasteiger partial charge >= 0.3 is 0 Å². The maximum Gasteiger partial charge on any atom is 0.153 e. The lowest BCUT2D eigenvalue weighted by Gasteiger charge is -2.12. The van der Waals surface area contributed by atoms with E-state index in [1.807, 2.05) is 43.3 Å². The molecule has 0 aliphatic rings. The normalized spacial score (nSPS) is 10.3. The number of anilines is 1. The first-order valence-corrected chi connectivity index (χ1v) is 6.64. The van der Waals surface area contributed by atoms with E-state index in [2.05, 4.69) is 31.9 Å². The molecule has 0 radical (unpaired) electrons. The van der Waals surface area contributed by atoms with Crippen LogP contribution in [0.2, 0.25) is 0 Å². The zero-order valence-corrected chi connectivity index (χ0v) is 12.4. The van der Waals surface area contributed by atoms with Gasteiger partial charge in [-0.25, -0.2) is 0 Å². The van der Waals surface area contributed by atoms with Crippen LogP contribution in [-0.2, 0) is 0 Å². The summed E-state index contributed by atoms with van der Waals surface area (Å²) in [6.07, 6.45) is 0. The van der Waals surface area contributed by atoms with Crippen LogP contribution in [0.5, 0.6) is 11.5 Å². The molecule has 17 heavy (non-hydrogen) atoms. The molecule has 0 saturated heterocycles. The Hall–Kier alpha value is -1.000. The molecule has 0 saturated carbocycles. The van der Waals surface area contributed by atoms with Crippen LogP contribution < -0.4 is 10.5 Å². The molecule has 0 aromatic heterocycles. The summed E-state index contributed by atoms with van der Waals surface area (Å²) < 4.78 is 7.71. The molecular weight excluding hydrogens is 346 g/mol. The lowest BCUT2D eigenvalue weighted by molar-refractivity contribution is 0.478. The molecule has 88 valence electrons. The number of halogens is 2. The fourth-order valence-corrected chi connectivity index (χ4v) is 2.61. The molecule has 0 heterocycles. The van der Waals surface area contributed by atoms with Crippen molar-refractivity contribution in [2.24, 2.45) is 0 Å². The van der Waals surface area contributed by atoms with Gasteiger partial charge in [0.2, 0.25) is 0 Å². The Balaban J connectivity index is 2.38. The van der Waals surface area contributed by atoms with Crippen LogP contribution in [0.4, 0.5) is 5.69 Å². The molecule has 2 aromatic carbocycles. The SMILES string of the molecule is Cc1cccc(N)c1Oc1ccc(Br)cc1Br. The zero-order chi connectivity index (χ0) is 12.4. The molecular formula is C13H11Br2NO. The molecule has 4 heteroatoms. The van der Waals surface area contributed by atoms with Crippen LogP contribution in [0.3, 0.4) is 0 Å². The topological polar surface area (TPSA) is 35.2 Å². The Bertz CT molecular complexity index is 535. The van der Waals surface area contributed by atoms with Gasteiger partial charge in [0.1, 0.15) is 5.75 Å². The Morgan fingerprint density at radius 3 is 2.53 bits per heavy atom. The molecule has 0 fully saturated rings. The van der Waals surface area contributed by atoms with E-state index in [9.17, 15) is 0 Å². The van der Waals surface area contributed by atoms with Gasteiger partial charge in [-0.1, -0.05) is 28.1 Å². The van der Waals surface area contributed by atoms with Gasteiger partial charge in [0.25, 0.3) is 0 Å². The molecule has 0 aliphatic carbocycles. The number of ether oxygens (including phenoxy) is 1. The monoisotopic (exact) mass is 355 g/mol. The highest BCUT2D eigenvalue weighted by molar-refractivity contribution is 9.11. The van der Waals surface area contributed by atoms with Crippen LogP contribution >= 0.6 is 31.9 Å². The number of benzene rings is 2. The molecule has 0 unspecified atom stereocenters. The number of para-hydroxylation sites is 1. The third kappa shape index (κ3) is 2.82. The van der Waals surface area contributed by atoms with Gasteiger partial charge in [-0.2, -0.15) is 0 Å². The van der Waals surface area contributed by atoms with Crippen molar-refractivity contribution in [3.63, 3.8) is 0 Å². The predicted molar refractivity (Wildman–Crippen MR) is 77.5 cm³/mol. The number of hydrogen-bond donors (Lipinski definition) is 1. The van der Waals surface area contributed by atoms with Crippen molar-refractivity contribution in [1.82, 2.24) is 0 Å². The highest BCUT2D eigenvalue weighted by atomic mass is 79.9. The average molecular weight is 357 g/mol. The number of hydrogen-bond acceptors (Lipinski definition) is 2. The van der Waals surface area contributed by atoms with Gasteiger partial charge in [0.05, 0.1) is 10.2 Å². The quantitative estimate of drug-likeness (QED) is 0.777. The van der Waals surface area contributed by atoms with E-state index in [0.29, 0.717) is 11.4 Å². The van der Waals surface area contributed by atoms with E-state index < -0.39 is 0 Å². The maximum atomic E-state index is 5.90. The van der Waals surface area contributed by atoms with Crippen molar-refractivity contribution in [3.05, 3.63) is 50.9 Å². The van der Waals surface area contributed by atoms with Gasteiger partial charge in [-0.3, -0.25) is 0 Å². The summed E-state index contributed by atoms with van der Waals surface area (Å²) in [5.41, 5.74) is 7.55. The van der Waals surface area contributed by atoms with E-state index in [-0.39, 0.29) is 0 Å². The second-order valence-corrected chi connectivity index (χ2v) is 5.44. The lowest BCUT2D eigenvalue weighted by atomic mass is 10.2. The standard InChI is InChI=1S/C13H11Br2NO/c1-8-3-2-4-11(16)13(8)17-12-6-5-9(14)7-10(12)15/h2-7H,16H2,1H3. The minimum absolute atomic E-state index is 0.639. The van der Waals surface area contributed by atoms with Gasteiger partial charge in [-0.05, 0) is 52.7 Å². The summed E-state index contributed by atoms with van der Waals surface area (Å²) in [7, 11) is 0. The Kier molecular flexibility index (Phi) is 3.74. The third-order valence-corrected chi connectivity index (χ3v) is 3.46. The van der Waals surface area contributed by atoms with Crippen LogP contribution in [0.25, 0.3) is 0 Å². The number of nitrogen functional groups attached to an aromatic ring is 1. The van der Waals surface area contributed by atoms with Gasteiger partial charge in [-0.15, -0.1) is 0 Å². The van der Waals surface area contributed by atoms with E-state index in [4.69, 9.17) is 10.5 Å². The first-order valence-electron chi connectivity index (χ1n) is 5.06. The van der Waals surface area contributed by atoms with Crippen molar-refractivity contribution < 1.29 is 4.74 Å². The molecule has 0 bridgehead atoms. The van der Waals surface area contributed by atoms with Crippen LogP contribution in [0, 0.1) is 6.92 Å². The Morgan fingerprint density at radius 2 is 1.88 bits per heavy atom. The number of aryl methyl sites for hydroxylation is 1. The molecule has 0 amide bonds. The fourth-order valence-electron chi connectivity index (χ4n) is 1.48.